The van der Waals surface area contributed by atoms with E-state index in [0.29, 0.717) is 0 Å². The van der Waals surface area contributed by atoms with Gasteiger partial charge in [0.2, 0.25) is 0 Å². The van der Waals surface area contributed by atoms with E-state index in [-0.39, 0.29) is 0 Å². The van der Waals surface area contributed by atoms with Gasteiger partial charge in [0.05, 0.1) is 0 Å². The smallest absolute Gasteiger partial charge is 0.0315 e. The average molecular weight is 629 g/mol. The molecule has 0 aliphatic heterocycles. The Labute approximate surface area is 287 Å². The second-order valence-corrected chi connectivity index (χ2v) is 17.0. The van der Waals surface area contributed by atoms with Gasteiger partial charge in [0.15, 0.2) is 0 Å². The van der Waals surface area contributed by atoms with E-state index in [4.69, 9.17) is 0 Å². The fourth-order valence-corrected chi connectivity index (χ4v) is 7.64. The summed E-state index contributed by atoms with van der Waals surface area (Å²) in [5, 5.41) is 0. The van der Waals surface area contributed by atoms with Gasteiger partial charge >= 0.3 is 0 Å². The lowest BCUT2D eigenvalue weighted by atomic mass is 9.90. The van der Waals surface area contributed by atoms with Crippen molar-refractivity contribution in [2.75, 3.05) is 0 Å². The van der Waals surface area contributed by atoms with Crippen LogP contribution in [0.25, 0.3) is 0 Å². The topological polar surface area (TPSA) is 0 Å². The Morgan fingerprint density at radius 2 is 0.600 bits per heavy atom. The highest BCUT2D eigenvalue weighted by molar-refractivity contribution is 5.15. The van der Waals surface area contributed by atoms with Gasteiger partial charge in [-0.2, -0.15) is 0 Å². The summed E-state index contributed by atoms with van der Waals surface area (Å²) < 4.78 is 0. The summed E-state index contributed by atoms with van der Waals surface area (Å²) in [6.07, 6.45) is 31.8. The van der Waals surface area contributed by atoms with Crippen LogP contribution in [0.2, 0.25) is 0 Å². The molecule has 0 saturated carbocycles. The third-order valence-corrected chi connectivity index (χ3v) is 11.3. The fraction of sp³-hybridized carbons (Fsp3) is 0.911. The second-order valence-electron chi connectivity index (χ2n) is 17.0. The lowest BCUT2D eigenvalue weighted by molar-refractivity contribution is 0.389. The van der Waals surface area contributed by atoms with E-state index in [1.807, 2.05) is 0 Å². The third kappa shape index (κ3) is 26.2. The van der Waals surface area contributed by atoms with Crippen molar-refractivity contribution in [3.8, 4) is 0 Å². The van der Waals surface area contributed by atoms with Crippen LogP contribution in [0.4, 0.5) is 0 Å². The summed E-state index contributed by atoms with van der Waals surface area (Å²) in [7, 11) is 0. The molecule has 0 amide bonds. The van der Waals surface area contributed by atoms with Gasteiger partial charge in [-0.1, -0.05) is 181 Å². The molecule has 0 aromatic rings. The van der Waals surface area contributed by atoms with E-state index >= 15 is 0 Å². The molecular formula is C45H88. The van der Waals surface area contributed by atoms with Crippen LogP contribution in [0.1, 0.15) is 231 Å². The van der Waals surface area contributed by atoms with Crippen LogP contribution < -0.4 is 0 Å². The SMILES string of the molecule is CCC(CCCC(CC)=C(C)CCCC(C)CCCC(C)CCCC(C)C)=C(C)CCCC(C)CCCC(C)CCCC(C)C. The van der Waals surface area contributed by atoms with Gasteiger partial charge < -0.3 is 0 Å². The van der Waals surface area contributed by atoms with E-state index in [9.17, 15) is 0 Å². The van der Waals surface area contributed by atoms with Gasteiger partial charge in [-0.3, -0.25) is 0 Å². The quantitative estimate of drug-likeness (QED) is 0.0694. The first-order valence-corrected chi connectivity index (χ1v) is 20.7. The van der Waals surface area contributed by atoms with Crippen molar-refractivity contribution in [1.82, 2.24) is 0 Å². The minimum atomic E-state index is 0.865. The molecule has 0 saturated heterocycles. The third-order valence-electron chi connectivity index (χ3n) is 11.3. The Morgan fingerprint density at radius 3 is 0.867 bits per heavy atom. The highest BCUT2D eigenvalue weighted by Crippen LogP contribution is 2.28. The maximum atomic E-state index is 2.50. The molecule has 4 unspecified atom stereocenters. The van der Waals surface area contributed by atoms with Crippen LogP contribution in [-0.2, 0) is 0 Å². The van der Waals surface area contributed by atoms with Crippen molar-refractivity contribution in [1.29, 1.82) is 0 Å². The first kappa shape index (κ1) is 44.5. The van der Waals surface area contributed by atoms with E-state index in [1.54, 1.807) is 22.3 Å². The Hall–Kier alpha value is -0.520. The zero-order valence-electron chi connectivity index (χ0n) is 33.7. The largest absolute Gasteiger partial charge is 0.0741 e. The Balaban J connectivity index is 4.31. The van der Waals surface area contributed by atoms with Crippen LogP contribution in [0.3, 0.4) is 0 Å². The van der Waals surface area contributed by atoms with Gasteiger partial charge in [-0.15, -0.1) is 0 Å². The molecule has 0 heteroatoms. The molecule has 0 aromatic heterocycles. The first-order chi connectivity index (χ1) is 21.4. The highest BCUT2D eigenvalue weighted by Gasteiger charge is 2.10. The summed E-state index contributed by atoms with van der Waals surface area (Å²) in [6, 6.07) is 0. The number of allylic oxidation sites excluding steroid dienone is 4. The molecule has 0 heterocycles. The normalized spacial score (nSPS) is 16.1. The summed E-state index contributed by atoms with van der Waals surface area (Å²) >= 11 is 0. The average Bonchev–Trinajstić information content (AvgIpc) is 2.96. The zero-order chi connectivity index (χ0) is 34.0. The molecule has 268 valence electrons. The summed E-state index contributed by atoms with van der Waals surface area (Å²) in [6.45, 7) is 29.1. The van der Waals surface area contributed by atoms with E-state index in [0.717, 1.165) is 35.5 Å². The summed E-state index contributed by atoms with van der Waals surface area (Å²) in [5.41, 5.74) is 6.94. The number of hydrogen-bond acceptors (Lipinski definition) is 0. The standard InChI is InChI=1S/C45H88/c1-13-44(42(11)32-19-30-40(9)28-17-26-38(7)24-15-22-36(3)4)34-21-35-45(14-2)43(12)33-20-31-41(10)29-18-27-39(8)25-16-23-37(5)6/h36-41H,13-35H2,1-12H3. The summed E-state index contributed by atoms with van der Waals surface area (Å²) in [5.74, 6) is 5.35. The second kappa shape index (κ2) is 28.5. The van der Waals surface area contributed by atoms with Crippen molar-refractivity contribution in [3.63, 3.8) is 0 Å². The molecular weight excluding hydrogens is 540 g/mol. The predicted octanol–water partition coefficient (Wildman–Crippen LogP) is 16.5. The van der Waals surface area contributed by atoms with Crippen molar-refractivity contribution < 1.29 is 0 Å². The molecule has 0 aliphatic rings. The molecule has 4 atom stereocenters. The van der Waals surface area contributed by atoms with Crippen molar-refractivity contribution in [3.05, 3.63) is 22.3 Å². The monoisotopic (exact) mass is 629 g/mol. The molecule has 0 radical (unpaired) electrons. The highest BCUT2D eigenvalue weighted by atomic mass is 14.2. The number of rotatable bonds is 30. The fourth-order valence-electron chi connectivity index (χ4n) is 7.64. The van der Waals surface area contributed by atoms with Crippen molar-refractivity contribution in [2.24, 2.45) is 35.5 Å². The molecule has 0 bridgehead atoms. The van der Waals surface area contributed by atoms with Crippen molar-refractivity contribution in [2.45, 2.75) is 231 Å². The molecule has 0 nitrogen and oxygen atoms in total. The van der Waals surface area contributed by atoms with Crippen LogP contribution in [-0.4, -0.2) is 0 Å². The maximum absolute atomic E-state index is 2.50. The van der Waals surface area contributed by atoms with E-state index in [1.165, 1.54) is 148 Å². The Bertz CT molecular complexity index is 671. The predicted molar refractivity (Wildman–Crippen MR) is 209 cm³/mol. The molecule has 0 N–H and O–H groups in total. The van der Waals surface area contributed by atoms with E-state index in [2.05, 4.69) is 83.1 Å². The molecule has 45 heavy (non-hydrogen) atoms. The van der Waals surface area contributed by atoms with Crippen LogP contribution in [0.15, 0.2) is 22.3 Å². The van der Waals surface area contributed by atoms with Gasteiger partial charge in [-0.25, -0.2) is 0 Å². The van der Waals surface area contributed by atoms with Gasteiger partial charge in [0, 0.05) is 0 Å². The van der Waals surface area contributed by atoms with Gasteiger partial charge in [0.1, 0.15) is 0 Å². The molecule has 0 aliphatic carbocycles. The molecule has 0 rings (SSSR count). The maximum Gasteiger partial charge on any atom is -0.0315 e. The molecule has 0 spiro atoms. The minimum absolute atomic E-state index is 0.865. The van der Waals surface area contributed by atoms with E-state index < -0.39 is 0 Å². The van der Waals surface area contributed by atoms with Crippen LogP contribution >= 0.6 is 0 Å². The first-order valence-electron chi connectivity index (χ1n) is 20.7. The zero-order valence-corrected chi connectivity index (χ0v) is 33.7. The Morgan fingerprint density at radius 1 is 0.333 bits per heavy atom. The minimum Gasteiger partial charge on any atom is -0.0741 e. The van der Waals surface area contributed by atoms with Crippen molar-refractivity contribution >= 4 is 0 Å². The molecule has 0 fully saturated rings. The number of hydrogen-bond donors (Lipinski definition) is 0. The van der Waals surface area contributed by atoms with Crippen LogP contribution in [0.5, 0.6) is 0 Å². The summed E-state index contributed by atoms with van der Waals surface area (Å²) in [4.78, 5) is 0. The molecule has 0 aromatic carbocycles. The lowest BCUT2D eigenvalue weighted by Crippen LogP contribution is -2.00. The van der Waals surface area contributed by atoms with Gasteiger partial charge in [-0.05, 0) is 107 Å². The van der Waals surface area contributed by atoms with Gasteiger partial charge in [0.25, 0.3) is 0 Å². The van der Waals surface area contributed by atoms with Crippen LogP contribution in [0, 0.1) is 35.5 Å². The lowest BCUT2D eigenvalue weighted by Gasteiger charge is -2.17. The Kier molecular flexibility index (Phi) is 28.2.